The predicted octanol–water partition coefficient (Wildman–Crippen LogP) is -2.54. The van der Waals surface area contributed by atoms with Crippen molar-refractivity contribution < 1.29 is 158 Å². The normalized spacial score (nSPS) is 26.4. The third-order valence-electron chi connectivity index (χ3n) is 17.1. The van der Waals surface area contributed by atoms with Crippen molar-refractivity contribution in [3.05, 3.63) is 109 Å². The van der Waals surface area contributed by atoms with Crippen LogP contribution in [0.5, 0.6) is 0 Å². The Morgan fingerprint density at radius 1 is 0.562 bits per heavy atom. The van der Waals surface area contributed by atoms with Gasteiger partial charge in [-0.05, 0) is 121 Å². The van der Waals surface area contributed by atoms with E-state index in [0.29, 0.717) is 63.4 Å². The Bertz CT molecular complexity index is 2430. The quantitative estimate of drug-likeness (QED) is 0.00745. The van der Waals surface area contributed by atoms with Crippen LogP contribution in [0.3, 0.4) is 0 Å². The first-order valence-electron chi connectivity index (χ1n) is 33.2. The fraction of sp³-hybridized carbons (Fsp3) is 0.735. The summed E-state index contributed by atoms with van der Waals surface area (Å²) >= 11 is 0. The van der Waals surface area contributed by atoms with E-state index in [1.165, 1.54) is 30.4 Å². The van der Waals surface area contributed by atoms with Crippen molar-refractivity contribution in [1.29, 1.82) is 0 Å². The Morgan fingerprint density at radius 2 is 1.11 bits per heavy atom. The molecule has 2 aliphatic heterocycles. The number of ether oxygens (including phenoxy) is 2. The maximum Gasteiger partial charge on any atom is 1.00 e. The summed E-state index contributed by atoms with van der Waals surface area (Å²) in [4.78, 5) is 0. The second-order valence-corrected chi connectivity index (χ2v) is 26.6. The van der Waals surface area contributed by atoms with Gasteiger partial charge in [-0.15, -0.1) is 6.58 Å². The minimum absolute atomic E-state index is 0. The van der Waals surface area contributed by atoms with E-state index in [0.717, 1.165) is 12.8 Å². The van der Waals surface area contributed by atoms with Gasteiger partial charge in [0, 0.05) is 19.3 Å². The van der Waals surface area contributed by atoms with Gasteiger partial charge in [-0.3, -0.25) is 4.18 Å². The number of rotatable bonds is 50. The van der Waals surface area contributed by atoms with Crippen molar-refractivity contribution in [2.75, 3.05) is 6.61 Å². The minimum atomic E-state index is -4.92. The molecule has 26 nitrogen and oxygen atoms in total. The van der Waals surface area contributed by atoms with Crippen molar-refractivity contribution in [2.24, 2.45) is 5.92 Å². The minimum Gasteiger partial charge on any atom is -0.726 e. The van der Waals surface area contributed by atoms with Crippen molar-refractivity contribution in [1.82, 2.24) is 0 Å². The molecule has 550 valence electrons. The number of aliphatic hydroxyl groups is 20. The maximum absolute atomic E-state index is 11.2. The zero-order valence-corrected chi connectivity index (χ0v) is 58.8. The molecule has 24 unspecified atom stereocenters. The van der Waals surface area contributed by atoms with Gasteiger partial charge in [0.05, 0.1) is 92.1 Å². The molecule has 0 aromatic carbocycles. The Labute approximate surface area is 588 Å². The summed E-state index contributed by atoms with van der Waals surface area (Å²) < 4.78 is 46.9. The van der Waals surface area contributed by atoms with Crippen LogP contribution < -0.4 is 29.6 Å². The van der Waals surface area contributed by atoms with Crippen LogP contribution in [-0.2, 0) is 24.1 Å². The first kappa shape index (κ1) is 91.7. The van der Waals surface area contributed by atoms with E-state index in [1.807, 2.05) is 42.5 Å². The van der Waals surface area contributed by atoms with Crippen LogP contribution in [-0.4, -0.2) is 268 Å². The Morgan fingerprint density at radius 3 is 1.74 bits per heavy atom. The van der Waals surface area contributed by atoms with Gasteiger partial charge in [-0.1, -0.05) is 123 Å². The molecule has 0 saturated carbocycles. The Balaban J connectivity index is 0.0000461. The molecule has 25 atom stereocenters. The topological polar surface area (TPSA) is 489 Å². The van der Waals surface area contributed by atoms with Gasteiger partial charge in [0.2, 0.25) is 10.4 Å². The van der Waals surface area contributed by atoms with Gasteiger partial charge in [-0.25, -0.2) is 8.42 Å². The molecule has 0 bridgehead atoms. The van der Waals surface area contributed by atoms with E-state index < -0.39 is 169 Å². The second-order valence-electron chi connectivity index (χ2n) is 25.5. The van der Waals surface area contributed by atoms with Crippen molar-refractivity contribution in [2.45, 2.75) is 302 Å². The van der Waals surface area contributed by atoms with Crippen LogP contribution in [0.2, 0.25) is 0 Å². The maximum atomic E-state index is 11.2. The van der Waals surface area contributed by atoms with Gasteiger partial charge in [0.25, 0.3) is 0 Å². The number of aliphatic hydroxyl groups excluding tert-OH is 20. The smallest absolute Gasteiger partial charge is 0.726 e. The molecule has 2 aliphatic rings. The van der Waals surface area contributed by atoms with E-state index in [-0.39, 0.29) is 106 Å². The molecule has 96 heavy (non-hydrogen) atoms. The van der Waals surface area contributed by atoms with Crippen LogP contribution in [0.25, 0.3) is 0 Å². The van der Waals surface area contributed by atoms with E-state index in [2.05, 4.69) is 17.3 Å². The zero-order valence-electron chi connectivity index (χ0n) is 56.0. The first-order valence-corrected chi connectivity index (χ1v) is 34.6. The SMILES string of the molecule is C=CCC/C=C/C=C/C=C/CC/C=C/C(O)C(O)C1OC(C(O)C(O)C(=C)CCC(O)C2CC(O)C(O)C(C(O)C(O)/C=C(\C)CCC(O)CC(O)C(O)[C@@H](C)CC(O)C(O)CCCCCC(O)CCCC(O)/C=C/CC(O)/C=C/CC(O)COS(=O)(=O)[O-])O2)CC(O)C1O.[Na+]. The largest absolute Gasteiger partial charge is 1.00 e. The number of allylic oxidation sites excluding steroid dienone is 9. The molecule has 0 aliphatic carbocycles. The molecule has 2 rings (SSSR count). The molecule has 2 fully saturated rings. The third kappa shape index (κ3) is 37.5. The van der Waals surface area contributed by atoms with Crippen LogP contribution in [0.4, 0.5) is 0 Å². The Kier molecular flexibility index (Phi) is 47.8. The molecular formula is C68H115NaO26S. The summed E-state index contributed by atoms with van der Waals surface area (Å²) in [6.07, 6.45) is -4.46. The fourth-order valence-electron chi connectivity index (χ4n) is 11.1. The molecule has 20 N–H and O–H groups in total. The fourth-order valence-corrected chi connectivity index (χ4v) is 11.4. The summed E-state index contributed by atoms with van der Waals surface area (Å²) in [6.45, 7) is 9.97. The molecule has 0 amide bonds. The average molecular weight is 1400 g/mol. The molecule has 0 aromatic heterocycles. The summed E-state index contributed by atoms with van der Waals surface area (Å²) in [5.74, 6) is -0.695. The first-order chi connectivity index (χ1) is 44.8. The number of hydrogen-bond donors (Lipinski definition) is 20. The van der Waals surface area contributed by atoms with Gasteiger partial charge in [-0.2, -0.15) is 0 Å². The van der Waals surface area contributed by atoms with Crippen LogP contribution in [0, 0.1) is 5.92 Å². The van der Waals surface area contributed by atoms with Gasteiger partial charge in [0.1, 0.15) is 61.0 Å². The summed E-state index contributed by atoms with van der Waals surface area (Å²) in [6, 6.07) is 0. The van der Waals surface area contributed by atoms with E-state index >= 15 is 0 Å². The van der Waals surface area contributed by atoms with Crippen LogP contribution >= 0.6 is 0 Å². The molecule has 2 heterocycles. The zero-order chi connectivity index (χ0) is 71.4. The average Bonchev–Trinajstić information content (AvgIpc) is 0.814. The monoisotopic (exact) mass is 1400 g/mol. The third-order valence-corrected chi connectivity index (χ3v) is 17.5. The summed E-state index contributed by atoms with van der Waals surface area (Å²) in [5, 5.41) is 214. The molecule has 0 aromatic rings. The molecule has 0 spiro atoms. The van der Waals surface area contributed by atoms with E-state index in [4.69, 9.17) is 9.47 Å². The van der Waals surface area contributed by atoms with Gasteiger partial charge < -0.3 is 116 Å². The van der Waals surface area contributed by atoms with Crippen molar-refractivity contribution >= 4 is 10.4 Å². The van der Waals surface area contributed by atoms with E-state index in [1.54, 1.807) is 26.0 Å². The molecule has 0 radical (unpaired) electrons. The number of unbranched alkanes of at least 4 members (excludes halogenated alkanes) is 4. The number of hydrogen-bond acceptors (Lipinski definition) is 26. The van der Waals surface area contributed by atoms with Crippen molar-refractivity contribution in [3.63, 3.8) is 0 Å². The Hall–Kier alpha value is -2.35. The van der Waals surface area contributed by atoms with E-state index in [9.17, 15) is 115 Å². The summed E-state index contributed by atoms with van der Waals surface area (Å²) in [5.41, 5.74) is 0.463. The second kappa shape index (κ2) is 50.1. The standard InChI is InChI=1S/C68H116O26S.Na/c1-5-6-7-8-9-10-11-12-13-14-15-18-31-52(76)62(84)67-65(87)57(81)40-59(94-67)66(88)61(83)43(3)33-35-51(75)58-39-56(80)64(86)68(93-58)63(85)54(78)36-42(2)32-34-48(72)38-55(79)60(82)44(4)37-53(77)50(74)30-19-16-17-23-45(69)24-20-25-46(70)26-21-27-47(71)28-22-29-49(73)41-92-95(89,90)91;/h5,8-13,18,21-22,26,28,31,36,44-88H,1,3,6-7,14-17,19-20,23-25,27,29-30,32-35,37-41H2,2,4H3,(H,89,90,91);/q;+1/p-1/b9-8+,11-10+,13-12+,26-21+,28-22+,31-18+,42-36+;/t44-,45?,46?,47?,48?,49?,50?,51?,52?,53?,54?,55?,56?,57?,58?,59?,60?,61?,62?,63?,64?,65?,66?,67?,68?;/m0./s1. The van der Waals surface area contributed by atoms with Gasteiger partial charge >= 0.3 is 29.6 Å². The summed E-state index contributed by atoms with van der Waals surface area (Å²) in [7, 11) is -4.92. The van der Waals surface area contributed by atoms with Gasteiger partial charge in [0.15, 0.2) is 0 Å². The molecular weight excluding hydrogens is 1290 g/mol. The molecule has 28 heteroatoms. The molecule has 2 saturated heterocycles. The predicted molar refractivity (Wildman–Crippen MR) is 352 cm³/mol. The van der Waals surface area contributed by atoms with Crippen LogP contribution in [0.15, 0.2) is 109 Å². The van der Waals surface area contributed by atoms with Crippen LogP contribution in [0.1, 0.15) is 155 Å². The van der Waals surface area contributed by atoms with Crippen molar-refractivity contribution in [3.8, 4) is 0 Å².